The molecule has 3 N–H and O–H groups in total. The molecule has 4 rings (SSSR count). The molecule has 0 unspecified atom stereocenters. The second kappa shape index (κ2) is 4.71. The number of rotatable bonds is 2. The van der Waals surface area contributed by atoms with Crippen LogP contribution in [0.15, 0.2) is 53.9 Å². The molecule has 2 heterocycles. The van der Waals surface area contributed by atoms with Gasteiger partial charge in [0.1, 0.15) is 0 Å². The Balaban J connectivity index is 1.85. The van der Waals surface area contributed by atoms with Crippen molar-refractivity contribution in [3.8, 4) is 22.1 Å². The summed E-state index contributed by atoms with van der Waals surface area (Å²) in [6, 6.07) is 16.1. The summed E-state index contributed by atoms with van der Waals surface area (Å²) in [7, 11) is 0. The molecule has 4 aromatic rings. The number of nitrogens with zero attached hydrogens (tertiary/aromatic N) is 2. The van der Waals surface area contributed by atoms with Crippen molar-refractivity contribution in [2.45, 2.75) is 0 Å². The highest BCUT2D eigenvalue weighted by molar-refractivity contribution is 7.13. The third kappa shape index (κ3) is 2.08. The average molecular weight is 292 g/mol. The molecule has 102 valence electrons. The Kier molecular flexibility index (Phi) is 2.72. The topological polar surface area (TPSA) is 67.6 Å². The number of thiophene rings is 1. The monoisotopic (exact) mass is 292 g/mol. The number of aromatic amines is 1. The van der Waals surface area contributed by atoms with Gasteiger partial charge in [-0.3, -0.25) is 5.10 Å². The molecule has 5 heteroatoms. The second-order valence-electron chi connectivity index (χ2n) is 4.77. The van der Waals surface area contributed by atoms with Crippen LogP contribution in [-0.4, -0.2) is 15.2 Å². The van der Waals surface area contributed by atoms with E-state index in [1.165, 1.54) is 0 Å². The van der Waals surface area contributed by atoms with Crippen LogP contribution >= 0.6 is 11.3 Å². The van der Waals surface area contributed by atoms with Crippen molar-refractivity contribution in [2.75, 3.05) is 5.73 Å². The summed E-state index contributed by atoms with van der Waals surface area (Å²) in [5, 5.41) is 11.5. The first kappa shape index (κ1) is 12.1. The van der Waals surface area contributed by atoms with Crippen LogP contribution in [0.4, 0.5) is 5.69 Å². The van der Waals surface area contributed by atoms with Crippen molar-refractivity contribution in [3.05, 3.63) is 53.9 Å². The molecule has 2 aromatic carbocycles. The Morgan fingerprint density at radius 1 is 1.00 bits per heavy atom. The molecule has 4 nitrogen and oxygen atoms in total. The summed E-state index contributed by atoms with van der Waals surface area (Å²) in [4.78, 5) is 5.62. The van der Waals surface area contributed by atoms with E-state index in [2.05, 4.69) is 21.2 Å². The van der Waals surface area contributed by atoms with Gasteiger partial charge < -0.3 is 5.73 Å². The third-order valence-corrected chi connectivity index (χ3v) is 4.28. The van der Waals surface area contributed by atoms with Crippen LogP contribution < -0.4 is 5.73 Å². The molecule has 0 saturated carbocycles. The lowest BCUT2D eigenvalue weighted by atomic mass is 10.0. The molecule has 21 heavy (non-hydrogen) atoms. The van der Waals surface area contributed by atoms with Crippen LogP contribution in [0.2, 0.25) is 0 Å². The normalized spacial score (nSPS) is 11.0. The van der Waals surface area contributed by atoms with Gasteiger partial charge in [-0.25, -0.2) is 4.98 Å². The minimum absolute atomic E-state index is 0.627. The van der Waals surface area contributed by atoms with Gasteiger partial charge in [0.25, 0.3) is 0 Å². The number of nitrogen functional groups attached to an aromatic ring is 1. The number of aromatic nitrogens is 3. The molecular formula is C16H12N4S. The number of fused-ring (bicyclic) bond motifs is 1. The van der Waals surface area contributed by atoms with Gasteiger partial charge in [-0.05, 0) is 34.4 Å². The van der Waals surface area contributed by atoms with Gasteiger partial charge in [0.15, 0.2) is 11.6 Å². The van der Waals surface area contributed by atoms with Crippen LogP contribution in [0.3, 0.4) is 0 Å². The van der Waals surface area contributed by atoms with E-state index >= 15 is 0 Å². The Morgan fingerprint density at radius 2 is 1.81 bits per heavy atom. The van der Waals surface area contributed by atoms with E-state index < -0.39 is 0 Å². The minimum atomic E-state index is 0.627. The molecular weight excluding hydrogens is 280 g/mol. The predicted octanol–water partition coefficient (Wildman–Crippen LogP) is 3.94. The Morgan fingerprint density at radius 3 is 2.57 bits per heavy atom. The van der Waals surface area contributed by atoms with Crippen LogP contribution in [0.25, 0.3) is 32.9 Å². The van der Waals surface area contributed by atoms with Crippen LogP contribution in [-0.2, 0) is 0 Å². The molecule has 0 aliphatic carbocycles. The first-order chi connectivity index (χ1) is 10.3. The van der Waals surface area contributed by atoms with E-state index in [0.29, 0.717) is 11.5 Å². The molecule has 0 aliphatic heterocycles. The van der Waals surface area contributed by atoms with Gasteiger partial charge in [-0.1, -0.05) is 30.3 Å². The van der Waals surface area contributed by atoms with Crippen LogP contribution in [0.5, 0.6) is 0 Å². The smallest absolute Gasteiger partial charge is 0.183 e. The fourth-order valence-corrected chi connectivity index (χ4v) is 3.02. The lowest BCUT2D eigenvalue weighted by Crippen LogP contribution is -1.92. The molecule has 0 spiro atoms. The average Bonchev–Trinajstić information content (AvgIpc) is 3.17. The number of nitrogens with one attached hydrogen (secondary N) is 1. The van der Waals surface area contributed by atoms with E-state index in [1.54, 1.807) is 11.3 Å². The summed E-state index contributed by atoms with van der Waals surface area (Å²) in [6.07, 6.45) is 0. The number of benzene rings is 2. The van der Waals surface area contributed by atoms with Crippen molar-refractivity contribution in [1.29, 1.82) is 0 Å². The van der Waals surface area contributed by atoms with Gasteiger partial charge in [0, 0.05) is 11.3 Å². The lowest BCUT2D eigenvalue weighted by Gasteiger charge is -2.04. The van der Waals surface area contributed by atoms with E-state index in [4.69, 9.17) is 5.73 Å². The lowest BCUT2D eigenvalue weighted by molar-refractivity contribution is 1.10. The third-order valence-electron chi connectivity index (χ3n) is 3.40. The highest BCUT2D eigenvalue weighted by Gasteiger charge is 2.12. The van der Waals surface area contributed by atoms with E-state index in [-0.39, 0.29) is 0 Å². The number of H-pyrrole nitrogens is 1. The first-order valence-corrected chi connectivity index (χ1v) is 7.44. The van der Waals surface area contributed by atoms with Crippen molar-refractivity contribution >= 4 is 27.8 Å². The van der Waals surface area contributed by atoms with Crippen molar-refractivity contribution in [3.63, 3.8) is 0 Å². The predicted molar refractivity (Wildman–Crippen MR) is 87.1 cm³/mol. The fourth-order valence-electron chi connectivity index (χ4n) is 2.36. The molecule has 0 radical (unpaired) electrons. The Bertz CT molecular complexity index is 909. The molecule has 0 atom stereocenters. The summed E-state index contributed by atoms with van der Waals surface area (Å²) < 4.78 is 0. The summed E-state index contributed by atoms with van der Waals surface area (Å²) in [5.74, 6) is 1.40. The van der Waals surface area contributed by atoms with Gasteiger partial charge in [-0.15, -0.1) is 11.3 Å². The first-order valence-electron chi connectivity index (χ1n) is 6.56. The maximum absolute atomic E-state index is 6.16. The fraction of sp³-hybridized carbons (Fsp3) is 0. The highest BCUT2D eigenvalue weighted by Crippen LogP contribution is 2.30. The van der Waals surface area contributed by atoms with Gasteiger partial charge in [0.05, 0.1) is 4.88 Å². The quantitative estimate of drug-likeness (QED) is 0.550. The van der Waals surface area contributed by atoms with Crippen LogP contribution in [0.1, 0.15) is 0 Å². The number of anilines is 1. The standard InChI is InChI=1S/C16H12N4S/c17-13-9-11-5-2-1-4-10(11)8-12(13)15-18-16(20-19-15)14-6-3-7-21-14/h1-9H,17H2,(H,18,19,20). The SMILES string of the molecule is Nc1cc2ccccc2cc1-c1n[nH]c(-c2cccs2)n1. The Hall–Kier alpha value is -2.66. The zero-order valence-electron chi connectivity index (χ0n) is 11.1. The Labute approximate surface area is 125 Å². The van der Waals surface area contributed by atoms with Crippen molar-refractivity contribution in [1.82, 2.24) is 15.2 Å². The number of hydrogen-bond donors (Lipinski definition) is 2. The van der Waals surface area contributed by atoms with E-state index in [0.717, 1.165) is 27.0 Å². The molecule has 0 saturated heterocycles. The van der Waals surface area contributed by atoms with Gasteiger partial charge in [-0.2, -0.15) is 5.10 Å². The number of nitrogens with two attached hydrogens (primary N) is 1. The van der Waals surface area contributed by atoms with Gasteiger partial charge >= 0.3 is 0 Å². The molecule has 0 aliphatic rings. The zero-order valence-corrected chi connectivity index (χ0v) is 11.9. The molecule has 0 fully saturated rings. The second-order valence-corrected chi connectivity index (χ2v) is 5.72. The largest absolute Gasteiger partial charge is 0.398 e. The molecule has 0 bridgehead atoms. The summed E-state index contributed by atoms with van der Waals surface area (Å²) >= 11 is 1.63. The summed E-state index contributed by atoms with van der Waals surface area (Å²) in [5.41, 5.74) is 7.70. The zero-order chi connectivity index (χ0) is 14.2. The maximum atomic E-state index is 6.16. The van der Waals surface area contributed by atoms with Crippen molar-refractivity contribution < 1.29 is 0 Å². The van der Waals surface area contributed by atoms with Crippen molar-refractivity contribution in [2.24, 2.45) is 0 Å². The summed E-state index contributed by atoms with van der Waals surface area (Å²) in [6.45, 7) is 0. The van der Waals surface area contributed by atoms with Gasteiger partial charge in [0.2, 0.25) is 0 Å². The molecule has 0 amide bonds. The molecule has 2 aromatic heterocycles. The van der Waals surface area contributed by atoms with Crippen LogP contribution in [0, 0.1) is 0 Å². The highest BCUT2D eigenvalue weighted by atomic mass is 32.1. The number of hydrogen-bond acceptors (Lipinski definition) is 4. The minimum Gasteiger partial charge on any atom is -0.398 e. The van der Waals surface area contributed by atoms with E-state index in [9.17, 15) is 0 Å². The maximum Gasteiger partial charge on any atom is 0.183 e. The van der Waals surface area contributed by atoms with E-state index in [1.807, 2.05) is 47.8 Å².